The van der Waals surface area contributed by atoms with E-state index in [-0.39, 0.29) is 6.04 Å². The molecule has 1 atom stereocenters. The minimum absolute atomic E-state index is 0.276. The van der Waals surface area contributed by atoms with Crippen LogP contribution in [0.1, 0.15) is 11.3 Å². The lowest BCUT2D eigenvalue weighted by Crippen LogP contribution is -2.31. The SMILES string of the molecule is C1=Nc2nc[nH]c2C2=N[C@@H](Cc3ccccc3)CN12. The van der Waals surface area contributed by atoms with Crippen LogP contribution in [-0.4, -0.2) is 39.6 Å². The van der Waals surface area contributed by atoms with Crippen molar-refractivity contribution in [2.75, 3.05) is 6.54 Å². The van der Waals surface area contributed by atoms with Crippen LogP contribution in [-0.2, 0) is 6.42 Å². The van der Waals surface area contributed by atoms with Crippen LogP contribution >= 0.6 is 0 Å². The lowest BCUT2D eigenvalue weighted by molar-refractivity contribution is 0.577. The van der Waals surface area contributed by atoms with Gasteiger partial charge in [0.2, 0.25) is 0 Å². The summed E-state index contributed by atoms with van der Waals surface area (Å²) in [5, 5.41) is 0. The Labute approximate surface area is 110 Å². The Morgan fingerprint density at radius 3 is 3.05 bits per heavy atom. The van der Waals surface area contributed by atoms with Gasteiger partial charge in [-0.3, -0.25) is 4.99 Å². The number of hydrogen-bond donors (Lipinski definition) is 1. The molecule has 5 nitrogen and oxygen atoms in total. The Morgan fingerprint density at radius 2 is 2.16 bits per heavy atom. The quantitative estimate of drug-likeness (QED) is 0.884. The number of rotatable bonds is 2. The molecule has 2 aliphatic heterocycles. The molecule has 19 heavy (non-hydrogen) atoms. The maximum atomic E-state index is 4.80. The number of nitrogens with zero attached hydrogens (tertiary/aromatic N) is 4. The number of aliphatic imine (C=N–C) groups is 2. The molecule has 3 heterocycles. The van der Waals surface area contributed by atoms with Crippen LogP contribution in [0, 0.1) is 0 Å². The van der Waals surface area contributed by atoms with Crippen LogP contribution in [0.3, 0.4) is 0 Å². The number of hydrogen-bond acceptors (Lipinski definition) is 4. The highest BCUT2D eigenvalue weighted by Gasteiger charge is 2.30. The zero-order valence-corrected chi connectivity index (χ0v) is 10.3. The molecule has 5 heteroatoms. The van der Waals surface area contributed by atoms with Gasteiger partial charge < -0.3 is 9.88 Å². The molecule has 1 N–H and O–H groups in total. The summed E-state index contributed by atoms with van der Waals surface area (Å²) in [7, 11) is 0. The number of imidazole rings is 1. The van der Waals surface area contributed by atoms with Crippen LogP contribution in [0.25, 0.3) is 0 Å². The molecular formula is C14H13N5. The molecule has 2 aliphatic rings. The predicted octanol–water partition coefficient (Wildman–Crippen LogP) is 1.76. The molecule has 1 aromatic carbocycles. The van der Waals surface area contributed by atoms with E-state index in [1.165, 1.54) is 5.56 Å². The van der Waals surface area contributed by atoms with Crippen LogP contribution in [0.2, 0.25) is 0 Å². The second-order valence-corrected chi connectivity index (χ2v) is 4.79. The fourth-order valence-electron chi connectivity index (χ4n) is 2.58. The number of amidine groups is 1. The summed E-state index contributed by atoms with van der Waals surface area (Å²) in [6.07, 6.45) is 4.45. The van der Waals surface area contributed by atoms with Crippen molar-refractivity contribution >= 4 is 18.0 Å². The highest BCUT2D eigenvalue weighted by Crippen LogP contribution is 2.25. The Hall–Kier alpha value is -2.43. The number of aromatic nitrogens is 2. The highest BCUT2D eigenvalue weighted by molar-refractivity contribution is 6.09. The standard InChI is InChI=1S/C14H13N5/c1-2-4-10(5-3-1)6-11-7-19-9-17-13-12(14(19)18-11)15-8-16-13/h1-5,8-9,11H,6-7H2,(H,15,16)/t11-/m0/s1. The first-order chi connectivity index (χ1) is 9.40. The van der Waals surface area contributed by atoms with Crippen LogP contribution in [0.5, 0.6) is 0 Å². The molecule has 2 aromatic rings. The highest BCUT2D eigenvalue weighted by atomic mass is 15.3. The lowest BCUT2D eigenvalue weighted by Gasteiger charge is -2.17. The fraction of sp³-hybridized carbons (Fsp3) is 0.214. The van der Waals surface area contributed by atoms with Gasteiger partial charge in [0.1, 0.15) is 5.69 Å². The monoisotopic (exact) mass is 251 g/mol. The largest absolute Gasteiger partial charge is 0.340 e. The molecule has 0 spiro atoms. The van der Waals surface area contributed by atoms with E-state index >= 15 is 0 Å². The van der Waals surface area contributed by atoms with Crippen molar-refractivity contribution in [3.8, 4) is 0 Å². The maximum Gasteiger partial charge on any atom is 0.182 e. The fourth-order valence-corrected chi connectivity index (χ4v) is 2.58. The summed E-state index contributed by atoms with van der Waals surface area (Å²) in [4.78, 5) is 18.5. The number of H-pyrrole nitrogens is 1. The van der Waals surface area contributed by atoms with Gasteiger partial charge in [-0.15, -0.1) is 0 Å². The number of nitrogens with one attached hydrogen (secondary N) is 1. The van der Waals surface area contributed by atoms with Gasteiger partial charge in [0.15, 0.2) is 11.7 Å². The van der Waals surface area contributed by atoms with Gasteiger partial charge in [-0.1, -0.05) is 30.3 Å². The third-order valence-corrected chi connectivity index (χ3v) is 3.46. The van der Waals surface area contributed by atoms with E-state index in [1.807, 2.05) is 12.4 Å². The van der Waals surface area contributed by atoms with Gasteiger partial charge in [0, 0.05) is 6.54 Å². The van der Waals surface area contributed by atoms with Crippen LogP contribution < -0.4 is 0 Å². The summed E-state index contributed by atoms with van der Waals surface area (Å²) >= 11 is 0. The molecule has 0 radical (unpaired) electrons. The van der Waals surface area contributed by atoms with E-state index in [2.05, 4.69) is 44.1 Å². The van der Waals surface area contributed by atoms with Crippen molar-refractivity contribution in [1.82, 2.24) is 14.9 Å². The van der Waals surface area contributed by atoms with Crippen LogP contribution in [0.15, 0.2) is 46.6 Å². The first-order valence-electron chi connectivity index (χ1n) is 6.36. The summed E-state index contributed by atoms with van der Waals surface area (Å²) in [5.41, 5.74) is 2.25. The van der Waals surface area contributed by atoms with Gasteiger partial charge in [-0.25, -0.2) is 9.98 Å². The van der Waals surface area contributed by atoms with Gasteiger partial charge >= 0.3 is 0 Å². The number of fused-ring (bicyclic) bond motifs is 3. The predicted molar refractivity (Wildman–Crippen MR) is 73.9 cm³/mol. The number of aromatic amines is 1. The molecule has 0 saturated carbocycles. The first kappa shape index (κ1) is 10.5. The van der Waals surface area contributed by atoms with Crippen molar-refractivity contribution in [1.29, 1.82) is 0 Å². The third kappa shape index (κ3) is 1.74. The first-order valence-corrected chi connectivity index (χ1v) is 6.36. The molecule has 0 saturated heterocycles. The van der Waals surface area contributed by atoms with E-state index in [0.29, 0.717) is 0 Å². The van der Waals surface area contributed by atoms with E-state index in [0.717, 1.165) is 30.3 Å². The minimum Gasteiger partial charge on any atom is -0.340 e. The second-order valence-electron chi connectivity index (χ2n) is 4.79. The number of benzene rings is 1. The van der Waals surface area contributed by atoms with Crippen molar-refractivity contribution in [3.05, 3.63) is 47.9 Å². The zero-order chi connectivity index (χ0) is 12.7. The topological polar surface area (TPSA) is 56.6 Å². The second kappa shape index (κ2) is 4.05. The molecule has 0 fully saturated rings. The zero-order valence-electron chi connectivity index (χ0n) is 10.3. The van der Waals surface area contributed by atoms with Gasteiger partial charge in [-0.2, -0.15) is 0 Å². The molecule has 94 valence electrons. The van der Waals surface area contributed by atoms with Gasteiger partial charge in [0.25, 0.3) is 0 Å². The lowest BCUT2D eigenvalue weighted by atomic mass is 10.1. The van der Waals surface area contributed by atoms with Gasteiger partial charge in [-0.05, 0) is 12.0 Å². The molecule has 0 bridgehead atoms. The van der Waals surface area contributed by atoms with Crippen molar-refractivity contribution in [2.45, 2.75) is 12.5 Å². The van der Waals surface area contributed by atoms with E-state index in [9.17, 15) is 0 Å². The smallest absolute Gasteiger partial charge is 0.182 e. The Morgan fingerprint density at radius 1 is 1.26 bits per heavy atom. The average molecular weight is 251 g/mol. The normalized spacial score (nSPS) is 20.1. The van der Waals surface area contributed by atoms with Crippen molar-refractivity contribution in [3.63, 3.8) is 0 Å². The Balaban J connectivity index is 1.62. The van der Waals surface area contributed by atoms with E-state index in [1.54, 1.807) is 6.33 Å². The maximum absolute atomic E-state index is 4.80. The Bertz CT molecular complexity index is 655. The minimum atomic E-state index is 0.276. The molecule has 0 aliphatic carbocycles. The third-order valence-electron chi connectivity index (χ3n) is 3.46. The molecule has 1 aromatic heterocycles. The molecule has 0 unspecified atom stereocenters. The van der Waals surface area contributed by atoms with Crippen molar-refractivity contribution < 1.29 is 0 Å². The van der Waals surface area contributed by atoms with Gasteiger partial charge in [0.05, 0.1) is 18.7 Å². The molecule has 0 amide bonds. The van der Waals surface area contributed by atoms with E-state index < -0.39 is 0 Å². The average Bonchev–Trinajstić information content (AvgIpc) is 3.04. The molecular weight excluding hydrogens is 238 g/mol. The summed E-state index contributed by atoms with van der Waals surface area (Å²) in [5.74, 6) is 1.69. The van der Waals surface area contributed by atoms with Crippen molar-refractivity contribution in [2.24, 2.45) is 9.98 Å². The molecule has 4 rings (SSSR count). The Kier molecular flexibility index (Phi) is 2.24. The summed E-state index contributed by atoms with van der Waals surface area (Å²) < 4.78 is 0. The van der Waals surface area contributed by atoms with Crippen LogP contribution in [0.4, 0.5) is 5.82 Å². The van der Waals surface area contributed by atoms with E-state index in [4.69, 9.17) is 4.99 Å². The summed E-state index contributed by atoms with van der Waals surface area (Å²) in [6.45, 7) is 0.881. The summed E-state index contributed by atoms with van der Waals surface area (Å²) in [6, 6.07) is 10.7.